The quantitative estimate of drug-likeness (QED) is 0.592. The summed E-state index contributed by atoms with van der Waals surface area (Å²) in [6.07, 6.45) is 3.11. The standard InChI is InChI=1S/C15H21NO4/c1-11(2)8-14(17)16(9-12(3)15(18)19-4)10-13-6-5-7-20-13/h5-8,12H,9-10H2,1-4H3. The molecule has 1 heterocycles. The maximum atomic E-state index is 12.2. The number of hydrogen-bond acceptors (Lipinski definition) is 4. The zero-order valence-corrected chi connectivity index (χ0v) is 12.4. The second kappa shape index (κ2) is 7.53. The highest BCUT2D eigenvalue weighted by atomic mass is 16.5. The fourth-order valence-corrected chi connectivity index (χ4v) is 1.77. The third-order valence-corrected chi connectivity index (χ3v) is 2.75. The summed E-state index contributed by atoms with van der Waals surface area (Å²) in [5.41, 5.74) is 0.908. The fourth-order valence-electron chi connectivity index (χ4n) is 1.77. The Morgan fingerprint density at radius 1 is 1.45 bits per heavy atom. The van der Waals surface area contributed by atoms with E-state index in [-0.39, 0.29) is 24.3 Å². The van der Waals surface area contributed by atoms with Gasteiger partial charge >= 0.3 is 5.97 Å². The third-order valence-electron chi connectivity index (χ3n) is 2.75. The molecule has 1 atom stereocenters. The van der Waals surface area contributed by atoms with E-state index in [1.165, 1.54) is 7.11 Å². The van der Waals surface area contributed by atoms with Crippen LogP contribution in [0.15, 0.2) is 34.5 Å². The van der Waals surface area contributed by atoms with E-state index >= 15 is 0 Å². The lowest BCUT2D eigenvalue weighted by molar-refractivity contribution is -0.146. The van der Waals surface area contributed by atoms with Gasteiger partial charge in [0.25, 0.3) is 0 Å². The first-order chi connectivity index (χ1) is 9.43. The van der Waals surface area contributed by atoms with Crippen LogP contribution in [-0.4, -0.2) is 30.4 Å². The number of ether oxygens (including phenoxy) is 1. The number of furan rings is 1. The molecule has 5 nitrogen and oxygen atoms in total. The van der Waals surface area contributed by atoms with Crippen molar-refractivity contribution in [2.45, 2.75) is 27.3 Å². The topological polar surface area (TPSA) is 59.8 Å². The molecular formula is C15H21NO4. The largest absolute Gasteiger partial charge is 0.469 e. The highest BCUT2D eigenvalue weighted by molar-refractivity contribution is 5.88. The number of amides is 1. The predicted octanol–water partition coefficient (Wildman–Crippen LogP) is 2.38. The molecule has 1 rings (SSSR count). The van der Waals surface area contributed by atoms with Crippen LogP contribution >= 0.6 is 0 Å². The van der Waals surface area contributed by atoms with Crippen LogP contribution in [0.4, 0.5) is 0 Å². The molecule has 5 heteroatoms. The van der Waals surface area contributed by atoms with Crippen LogP contribution in [0.5, 0.6) is 0 Å². The molecule has 0 aliphatic rings. The molecule has 0 aliphatic carbocycles. The van der Waals surface area contributed by atoms with Crippen LogP contribution in [0.3, 0.4) is 0 Å². The summed E-state index contributed by atoms with van der Waals surface area (Å²) in [6, 6.07) is 3.56. The summed E-state index contributed by atoms with van der Waals surface area (Å²) < 4.78 is 9.95. The van der Waals surface area contributed by atoms with Crippen molar-refractivity contribution in [3.63, 3.8) is 0 Å². The highest BCUT2D eigenvalue weighted by Gasteiger charge is 2.21. The molecule has 0 spiro atoms. The second-order valence-corrected chi connectivity index (χ2v) is 4.94. The van der Waals surface area contributed by atoms with Crippen molar-refractivity contribution >= 4 is 11.9 Å². The van der Waals surface area contributed by atoms with Gasteiger partial charge in [0.1, 0.15) is 5.76 Å². The number of rotatable bonds is 6. The number of carbonyl (C=O) groups excluding carboxylic acids is 2. The Morgan fingerprint density at radius 3 is 2.65 bits per heavy atom. The summed E-state index contributed by atoms with van der Waals surface area (Å²) in [6.45, 7) is 6.06. The van der Waals surface area contributed by atoms with Crippen molar-refractivity contribution < 1.29 is 18.7 Å². The van der Waals surface area contributed by atoms with Gasteiger partial charge in [-0.05, 0) is 26.0 Å². The number of carbonyl (C=O) groups is 2. The lowest BCUT2D eigenvalue weighted by Gasteiger charge is -2.23. The summed E-state index contributed by atoms with van der Waals surface area (Å²) >= 11 is 0. The highest BCUT2D eigenvalue weighted by Crippen LogP contribution is 2.11. The fraction of sp³-hybridized carbons (Fsp3) is 0.467. The number of esters is 1. The molecule has 20 heavy (non-hydrogen) atoms. The lowest BCUT2D eigenvalue weighted by atomic mass is 10.1. The van der Waals surface area contributed by atoms with Gasteiger partial charge in [-0.3, -0.25) is 9.59 Å². The van der Waals surface area contributed by atoms with Gasteiger partial charge in [0.05, 0.1) is 25.8 Å². The minimum absolute atomic E-state index is 0.142. The van der Waals surface area contributed by atoms with Crippen molar-refractivity contribution in [1.29, 1.82) is 0 Å². The van der Waals surface area contributed by atoms with E-state index in [0.717, 1.165) is 5.57 Å². The Morgan fingerprint density at radius 2 is 2.15 bits per heavy atom. The van der Waals surface area contributed by atoms with Gasteiger partial charge in [0, 0.05) is 12.6 Å². The lowest BCUT2D eigenvalue weighted by Crippen LogP contribution is -2.36. The zero-order valence-electron chi connectivity index (χ0n) is 12.4. The first-order valence-corrected chi connectivity index (χ1v) is 6.48. The molecule has 110 valence electrons. The van der Waals surface area contributed by atoms with E-state index in [1.807, 2.05) is 13.8 Å². The van der Waals surface area contributed by atoms with Crippen molar-refractivity contribution in [3.8, 4) is 0 Å². The zero-order chi connectivity index (χ0) is 15.1. The Kier molecular flexibility index (Phi) is 6.03. The Bertz CT molecular complexity index is 472. The summed E-state index contributed by atoms with van der Waals surface area (Å²) in [4.78, 5) is 25.3. The predicted molar refractivity (Wildman–Crippen MR) is 74.7 cm³/mol. The van der Waals surface area contributed by atoms with Gasteiger partial charge in [-0.25, -0.2) is 0 Å². The van der Waals surface area contributed by atoms with Crippen LogP contribution in [-0.2, 0) is 20.9 Å². The second-order valence-electron chi connectivity index (χ2n) is 4.94. The van der Waals surface area contributed by atoms with Crippen molar-refractivity contribution in [2.75, 3.05) is 13.7 Å². The third kappa shape index (κ3) is 4.91. The van der Waals surface area contributed by atoms with Crippen LogP contribution in [0.1, 0.15) is 26.5 Å². The van der Waals surface area contributed by atoms with E-state index in [9.17, 15) is 9.59 Å². The van der Waals surface area contributed by atoms with Crippen molar-refractivity contribution in [2.24, 2.45) is 5.92 Å². The Balaban J connectivity index is 2.81. The Hall–Kier alpha value is -2.04. The SMILES string of the molecule is COC(=O)C(C)CN(Cc1ccco1)C(=O)C=C(C)C. The number of methoxy groups -OCH3 is 1. The van der Waals surface area contributed by atoms with Gasteiger partial charge in [-0.2, -0.15) is 0 Å². The average Bonchev–Trinajstić information content (AvgIpc) is 2.88. The monoisotopic (exact) mass is 279 g/mol. The molecule has 0 aromatic carbocycles. The molecular weight excluding hydrogens is 258 g/mol. The molecule has 0 bridgehead atoms. The molecule has 0 radical (unpaired) electrons. The molecule has 1 amide bonds. The van der Waals surface area contributed by atoms with Crippen molar-refractivity contribution in [1.82, 2.24) is 4.90 Å². The van der Waals surface area contributed by atoms with E-state index in [1.54, 1.807) is 36.3 Å². The molecule has 0 saturated heterocycles. The molecule has 1 aromatic rings. The minimum atomic E-state index is -0.385. The van der Waals surface area contributed by atoms with Gasteiger partial charge in [0.15, 0.2) is 0 Å². The first-order valence-electron chi connectivity index (χ1n) is 6.48. The summed E-state index contributed by atoms with van der Waals surface area (Å²) in [5, 5.41) is 0. The molecule has 1 aromatic heterocycles. The molecule has 1 unspecified atom stereocenters. The van der Waals surface area contributed by atoms with Gasteiger partial charge in [0.2, 0.25) is 5.91 Å². The van der Waals surface area contributed by atoms with Crippen LogP contribution < -0.4 is 0 Å². The smallest absolute Gasteiger partial charge is 0.310 e. The number of hydrogen-bond donors (Lipinski definition) is 0. The first kappa shape index (κ1) is 16.0. The van der Waals surface area contributed by atoms with Gasteiger partial charge < -0.3 is 14.1 Å². The average molecular weight is 279 g/mol. The van der Waals surface area contributed by atoms with E-state index in [0.29, 0.717) is 12.3 Å². The number of allylic oxidation sites excluding steroid dienone is 1. The van der Waals surface area contributed by atoms with Crippen LogP contribution in [0, 0.1) is 5.92 Å². The maximum absolute atomic E-state index is 12.2. The number of nitrogens with zero attached hydrogens (tertiary/aromatic N) is 1. The van der Waals surface area contributed by atoms with Crippen LogP contribution in [0.2, 0.25) is 0 Å². The van der Waals surface area contributed by atoms with Crippen molar-refractivity contribution in [3.05, 3.63) is 35.8 Å². The Labute approximate surface area is 119 Å². The maximum Gasteiger partial charge on any atom is 0.310 e. The molecule has 0 saturated carbocycles. The molecule has 0 fully saturated rings. The normalized spacial score (nSPS) is 11.6. The van der Waals surface area contributed by atoms with E-state index in [2.05, 4.69) is 0 Å². The summed E-state index contributed by atoms with van der Waals surface area (Å²) in [7, 11) is 1.34. The summed E-state index contributed by atoms with van der Waals surface area (Å²) in [5.74, 6) is -0.182. The van der Waals surface area contributed by atoms with E-state index in [4.69, 9.17) is 9.15 Å². The van der Waals surface area contributed by atoms with E-state index < -0.39 is 0 Å². The van der Waals surface area contributed by atoms with Crippen LogP contribution in [0.25, 0.3) is 0 Å². The molecule has 0 aliphatic heterocycles. The molecule has 0 N–H and O–H groups in total. The van der Waals surface area contributed by atoms with Gasteiger partial charge in [-0.15, -0.1) is 0 Å². The minimum Gasteiger partial charge on any atom is -0.469 e. The van der Waals surface area contributed by atoms with Gasteiger partial charge in [-0.1, -0.05) is 12.5 Å².